The Morgan fingerprint density at radius 1 is 0.386 bits per heavy atom. The van der Waals surface area contributed by atoms with E-state index in [9.17, 15) is 0 Å². The molecule has 4 aromatic heterocycles. The van der Waals surface area contributed by atoms with Crippen molar-refractivity contribution in [3.63, 3.8) is 0 Å². The first kappa shape index (κ1) is 24.8. The maximum absolute atomic E-state index is 5.25. The SMILES string of the molecule is CC(C)(C)c1cccc2c3[nH]c(c12)N=c1[nH]c(c2ccccc12)=Nc1[nH]c(c2ccccc12)N=c1[nH]c(c2ccccc12)=N3. The number of hydrogen-bond acceptors (Lipinski definition) is 4. The Bertz CT molecular complexity index is 2700. The largest absolute Gasteiger partial charge is 0.324 e. The zero-order chi connectivity index (χ0) is 29.6. The fraction of sp³-hybridized carbons (Fsp3) is 0.111. The first-order chi connectivity index (χ1) is 21.4. The molecule has 0 aliphatic carbocycles. The molecular formula is C36H28N8. The molecule has 212 valence electrons. The fourth-order valence-electron chi connectivity index (χ4n) is 6.45. The second kappa shape index (κ2) is 8.87. The van der Waals surface area contributed by atoms with Crippen molar-refractivity contribution >= 4 is 66.4 Å². The highest BCUT2D eigenvalue weighted by molar-refractivity contribution is 6.03. The van der Waals surface area contributed by atoms with Crippen LogP contribution in [0.1, 0.15) is 26.3 Å². The molecule has 0 saturated carbocycles. The summed E-state index contributed by atoms with van der Waals surface area (Å²) in [5, 5.41) is 8.01. The van der Waals surface area contributed by atoms with Gasteiger partial charge in [-0.2, -0.15) is 0 Å². The molecule has 0 fully saturated rings. The van der Waals surface area contributed by atoms with E-state index in [2.05, 4.69) is 95.3 Å². The average molecular weight is 573 g/mol. The molecule has 0 unspecified atom stereocenters. The molecule has 0 spiro atoms. The van der Waals surface area contributed by atoms with Crippen LogP contribution in [0.2, 0.25) is 0 Å². The summed E-state index contributed by atoms with van der Waals surface area (Å²) in [5.74, 6) is 2.95. The van der Waals surface area contributed by atoms with Gasteiger partial charge in [0.1, 0.15) is 45.2 Å². The highest BCUT2D eigenvalue weighted by Crippen LogP contribution is 2.40. The molecule has 0 radical (unpaired) electrons. The molecule has 0 saturated heterocycles. The van der Waals surface area contributed by atoms with Crippen molar-refractivity contribution in [1.82, 2.24) is 19.9 Å². The number of nitrogens with zero attached hydrogens (tertiary/aromatic N) is 4. The van der Waals surface area contributed by atoms with Crippen LogP contribution in [-0.4, -0.2) is 19.9 Å². The molecule has 44 heavy (non-hydrogen) atoms. The second-order valence-electron chi connectivity index (χ2n) is 12.4. The highest BCUT2D eigenvalue weighted by atomic mass is 15.1. The zero-order valence-electron chi connectivity index (χ0n) is 24.4. The van der Waals surface area contributed by atoms with Crippen molar-refractivity contribution in [3.05, 3.63) is 119 Å². The zero-order valence-corrected chi connectivity index (χ0v) is 24.4. The van der Waals surface area contributed by atoms with Gasteiger partial charge >= 0.3 is 0 Å². The minimum atomic E-state index is -0.113. The number of fused-ring (bicyclic) bond motifs is 20. The predicted molar refractivity (Wildman–Crippen MR) is 175 cm³/mol. The summed E-state index contributed by atoms with van der Waals surface area (Å²) >= 11 is 0. The van der Waals surface area contributed by atoms with Gasteiger partial charge in [0.25, 0.3) is 0 Å². The lowest BCUT2D eigenvalue weighted by atomic mass is 9.84. The molecule has 8 heteroatoms. The number of benzene rings is 4. The number of aromatic nitrogens is 4. The monoisotopic (exact) mass is 572 g/mol. The standard InChI is InChI=1S/C36H28N8/c1-36(2,3)26-18-10-17-25-27(26)35-43-33-24-16-9-8-15-23(24)31(41-33)39-29-20-12-5-4-11-19(20)28(37-29)38-30-21-13-6-7-14-22(21)32(40-30)42-34(25)44-35/h4-18H,1-3H3,(H4,37,38,39,40,41,42,43,44). The Labute approximate surface area is 250 Å². The molecule has 1 aliphatic heterocycles. The van der Waals surface area contributed by atoms with Crippen LogP contribution < -0.4 is 22.0 Å². The quantitative estimate of drug-likeness (QED) is 0.150. The van der Waals surface area contributed by atoms with Crippen LogP contribution in [0, 0.1) is 0 Å². The van der Waals surface area contributed by atoms with Gasteiger partial charge in [0.15, 0.2) is 0 Å². The van der Waals surface area contributed by atoms with E-state index in [4.69, 9.17) is 20.0 Å². The van der Waals surface area contributed by atoms with Gasteiger partial charge < -0.3 is 19.9 Å². The van der Waals surface area contributed by atoms with Crippen molar-refractivity contribution in [1.29, 1.82) is 0 Å². The van der Waals surface area contributed by atoms with Gasteiger partial charge in [-0.15, -0.1) is 0 Å². The predicted octanol–water partition coefficient (Wildman–Crippen LogP) is 7.03. The van der Waals surface area contributed by atoms with Gasteiger partial charge in [0.2, 0.25) is 0 Å². The van der Waals surface area contributed by atoms with Crippen LogP contribution in [0.4, 0.5) is 23.3 Å². The van der Waals surface area contributed by atoms with E-state index in [1.54, 1.807) is 0 Å². The number of nitrogens with one attached hydrogen (secondary N) is 4. The molecule has 8 bridgehead atoms. The molecule has 0 atom stereocenters. The van der Waals surface area contributed by atoms with Crippen LogP contribution in [0.3, 0.4) is 0 Å². The molecule has 8 aromatic rings. The van der Waals surface area contributed by atoms with Crippen molar-refractivity contribution in [2.45, 2.75) is 26.2 Å². The van der Waals surface area contributed by atoms with Crippen molar-refractivity contribution in [2.24, 2.45) is 20.0 Å². The summed E-state index contributed by atoms with van der Waals surface area (Å²) in [6.45, 7) is 6.69. The number of rotatable bonds is 0. The van der Waals surface area contributed by atoms with Gasteiger partial charge in [0.05, 0.1) is 0 Å². The summed E-state index contributed by atoms with van der Waals surface area (Å²) in [6.07, 6.45) is 0. The smallest absolute Gasteiger partial charge is 0.142 e. The van der Waals surface area contributed by atoms with E-state index in [1.165, 1.54) is 5.56 Å². The average Bonchev–Trinajstić information content (AvgIpc) is 3.76. The van der Waals surface area contributed by atoms with Crippen LogP contribution in [0.5, 0.6) is 0 Å². The fourth-order valence-corrected chi connectivity index (χ4v) is 6.45. The van der Waals surface area contributed by atoms with Gasteiger partial charge in [0, 0.05) is 43.1 Å². The van der Waals surface area contributed by atoms with E-state index >= 15 is 0 Å². The molecule has 1 aliphatic rings. The molecule has 8 nitrogen and oxygen atoms in total. The van der Waals surface area contributed by atoms with E-state index in [1.807, 2.05) is 36.4 Å². The lowest BCUT2D eigenvalue weighted by Crippen LogP contribution is -2.12. The summed E-state index contributed by atoms with van der Waals surface area (Å²) in [4.78, 5) is 34.9. The van der Waals surface area contributed by atoms with E-state index < -0.39 is 0 Å². The summed E-state index contributed by atoms with van der Waals surface area (Å²) < 4.78 is 0. The summed E-state index contributed by atoms with van der Waals surface area (Å²) in [6, 6.07) is 31.0. The van der Waals surface area contributed by atoms with Gasteiger partial charge in [-0.1, -0.05) is 112 Å². The number of hydrogen-bond donors (Lipinski definition) is 4. The maximum Gasteiger partial charge on any atom is 0.142 e. The first-order valence-corrected chi connectivity index (χ1v) is 14.8. The Hall–Kier alpha value is -5.76. The van der Waals surface area contributed by atoms with Gasteiger partial charge in [-0.3, -0.25) is 0 Å². The maximum atomic E-state index is 5.25. The first-order valence-electron chi connectivity index (χ1n) is 14.8. The Morgan fingerprint density at radius 2 is 0.750 bits per heavy atom. The normalized spacial score (nSPS) is 13.2. The Balaban J connectivity index is 1.51. The highest BCUT2D eigenvalue weighted by Gasteiger charge is 2.22. The van der Waals surface area contributed by atoms with E-state index in [-0.39, 0.29) is 5.41 Å². The molecule has 4 N–H and O–H groups in total. The van der Waals surface area contributed by atoms with Crippen molar-refractivity contribution < 1.29 is 0 Å². The molecule has 4 aromatic carbocycles. The summed E-state index contributed by atoms with van der Waals surface area (Å²) in [5.41, 5.74) is 4.01. The second-order valence-corrected chi connectivity index (χ2v) is 12.4. The Kier molecular flexibility index (Phi) is 5.00. The lowest BCUT2D eigenvalue weighted by molar-refractivity contribution is 0.596. The van der Waals surface area contributed by atoms with Gasteiger partial charge in [-0.05, 0) is 11.0 Å². The molecule has 9 rings (SSSR count). The molecule has 5 heterocycles. The van der Waals surface area contributed by atoms with Crippen molar-refractivity contribution in [2.75, 3.05) is 0 Å². The third-order valence-corrected chi connectivity index (χ3v) is 8.52. The van der Waals surface area contributed by atoms with Crippen LogP contribution in [0.25, 0.3) is 43.1 Å². The molecular weight excluding hydrogens is 544 g/mol. The van der Waals surface area contributed by atoms with E-state index in [0.29, 0.717) is 0 Å². The van der Waals surface area contributed by atoms with Crippen LogP contribution in [0.15, 0.2) is 111 Å². The number of H-pyrrole nitrogens is 4. The van der Waals surface area contributed by atoms with Crippen LogP contribution >= 0.6 is 0 Å². The number of aromatic amines is 4. The Morgan fingerprint density at radius 3 is 1.20 bits per heavy atom. The van der Waals surface area contributed by atoms with Gasteiger partial charge in [-0.25, -0.2) is 20.0 Å². The third-order valence-electron chi connectivity index (χ3n) is 8.52. The minimum absolute atomic E-state index is 0.113. The topological polar surface area (TPSA) is 113 Å². The lowest BCUT2D eigenvalue weighted by Gasteiger charge is -2.20. The third kappa shape index (κ3) is 3.64. The minimum Gasteiger partial charge on any atom is -0.324 e. The van der Waals surface area contributed by atoms with Crippen LogP contribution in [-0.2, 0) is 5.41 Å². The molecule has 0 amide bonds. The van der Waals surface area contributed by atoms with E-state index in [0.717, 1.165) is 88.3 Å². The summed E-state index contributed by atoms with van der Waals surface area (Å²) in [7, 11) is 0. The van der Waals surface area contributed by atoms with Crippen molar-refractivity contribution in [3.8, 4) is 0 Å².